The van der Waals surface area contributed by atoms with Crippen molar-refractivity contribution in [3.8, 4) is 0 Å². The van der Waals surface area contributed by atoms with Crippen LogP contribution >= 0.6 is 11.6 Å². The van der Waals surface area contributed by atoms with Crippen LogP contribution in [0.2, 0.25) is 5.02 Å². The summed E-state index contributed by atoms with van der Waals surface area (Å²) >= 11 is 6.52. The second kappa shape index (κ2) is 6.84. The van der Waals surface area contributed by atoms with Gasteiger partial charge in [-0.1, -0.05) is 41.9 Å². The highest BCUT2D eigenvalue weighted by Crippen LogP contribution is 2.63. The lowest BCUT2D eigenvalue weighted by Gasteiger charge is -2.60. The van der Waals surface area contributed by atoms with E-state index in [1.165, 1.54) is 4.68 Å². The molecule has 4 fully saturated rings. The van der Waals surface area contributed by atoms with Gasteiger partial charge in [0.25, 0.3) is 5.56 Å². The summed E-state index contributed by atoms with van der Waals surface area (Å²) in [6.45, 7) is 2.01. The largest absolute Gasteiger partial charge is 0.481 e. The van der Waals surface area contributed by atoms with Crippen LogP contribution in [0.5, 0.6) is 0 Å². The summed E-state index contributed by atoms with van der Waals surface area (Å²) in [5.41, 5.74) is 0.00187. The van der Waals surface area contributed by atoms with Gasteiger partial charge in [-0.2, -0.15) is 5.10 Å². The number of carboxylic acids is 1. The molecule has 6 nitrogen and oxygen atoms in total. The van der Waals surface area contributed by atoms with Crippen LogP contribution in [0.4, 0.5) is 5.69 Å². The molecule has 3 atom stereocenters. The van der Waals surface area contributed by atoms with Gasteiger partial charge < -0.3 is 10.4 Å². The highest BCUT2D eigenvalue weighted by molar-refractivity contribution is 6.32. The van der Waals surface area contributed by atoms with E-state index in [-0.39, 0.29) is 16.6 Å². The van der Waals surface area contributed by atoms with E-state index in [9.17, 15) is 14.7 Å². The Hall–Kier alpha value is -2.34. The lowest BCUT2D eigenvalue weighted by Crippen LogP contribution is -2.61. The lowest BCUT2D eigenvalue weighted by atomic mass is 9.47. The molecule has 4 aliphatic carbocycles. The molecule has 1 aromatic heterocycles. The Labute approximate surface area is 180 Å². The number of anilines is 1. The summed E-state index contributed by atoms with van der Waals surface area (Å²) in [5.74, 6) is -0.0495. The van der Waals surface area contributed by atoms with Crippen molar-refractivity contribution in [1.29, 1.82) is 0 Å². The Morgan fingerprint density at radius 3 is 2.53 bits per heavy atom. The zero-order chi connectivity index (χ0) is 21.1. The highest BCUT2D eigenvalue weighted by Gasteiger charge is 2.62. The Morgan fingerprint density at radius 2 is 1.90 bits per heavy atom. The molecule has 0 unspecified atom stereocenters. The molecule has 0 radical (unpaired) electrons. The van der Waals surface area contributed by atoms with E-state index in [2.05, 4.69) is 10.4 Å². The van der Waals surface area contributed by atoms with Crippen LogP contribution in [-0.4, -0.2) is 20.9 Å². The number of carboxylic acid groups (broad SMARTS) is 1. The van der Waals surface area contributed by atoms with Crippen molar-refractivity contribution in [3.05, 3.63) is 57.5 Å². The smallest absolute Gasteiger partial charge is 0.309 e. The Morgan fingerprint density at radius 1 is 1.23 bits per heavy atom. The molecule has 1 aromatic carbocycles. The molecule has 4 bridgehead atoms. The van der Waals surface area contributed by atoms with Gasteiger partial charge in [0.1, 0.15) is 5.02 Å². The minimum atomic E-state index is -0.727. The number of nitrogens with zero attached hydrogens (tertiary/aromatic N) is 2. The van der Waals surface area contributed by atoms with Crippen molar-refractivity contribution >= 4 is 23.3 Å². The third-order valence-electron chi connectivity index (χ3n) is 7.52. The van der Waals surface area contributed by atoms with Crippen LogP contribution in [-0.2, 0) is 10.3 Å². The van der Waals surface area contributed by atoms with Crippen molar-refractivity contribution in [2.75, 3.05) is 5.32 Å². The molecule has 0 saturated heterocycles. The summed E-state index contributed by atoms with van der Waals surface area (Å²) < 4.78 is 1.52. The normalized spacial score (nSPS) is 32.7. The molecule has 6 rings (SSSR count). The maximum Gasteiger partial charge on any atom is 0.309 e. The van der Waals surface area contributed by atoms with Gasteiger partial charge >= 0.3 is 5.97 Å². The quantitative estimate of drug-likeness (QED) is 0.736. The van der Waals surface area contributed by atoms with Crippen LogP contribution in [0.25, 0.3) is 0 Å². The number of carbonyl (C=O) groups is 1. The number of hydrogen-bond donors (Lipinski definition) is 2. The Bertz CT molecular complexity index is 1040. The predicted molar refractivity (Wildman–Crippen MR) is 115 cm³/mol. The second-order valence-corrected chi connectivity index (χ2v) is 10.0. The van der Waals surface area contributed by atoms with Gasteiger partial charge in [-0.15, -0.1) is 0 Å². The number of aromatic nitrogens is 2. The molecule has 2 aromatic rings. The maximum atomic E-state index is 13.3. The minimum Gasteiger partial charge on any atom is -0.481 e. The third-order valence-corrected chi connectivity index (χ3v) is 7.89. The summed E-state index contributed by atoms with van der Waals surface area (Å²) in [6, 6.07) is 9.90. The van der Waals surface area contributed by atoms with Gasteiger partial charge in [0, 0.05) is 6.04 Å². The van der Waals surface area contributed by atoms with Crippen molar-refractivity contribution in [2.45, 2.75) is 57.0 Å². The monoisotopic (exact) mass is 427 g/mol. The Balaban J connectivity index is 1.48. The average Bonchev–Trinajstić information content (AvgIpc) is 2.71. The topological polar surface area (TPSA) is 84.2 Å². The van der Waals surface area contributed by atoms with E-state index in [0.717, 1.165) is 37.7 Å². The molecule has 30 heavy (non-hydrogen) atoms. The molecule has 1 heterocycles. The standard InChI is InChI=1S/C23H26ClN3O3/c1-14(17-5-3-2-4-6-17)26-18-12-25-27(20(28)19(18)24)23-10-15-7-16(11-23)9-22(8-15,13-23)21(29)30/h2-6,12,14-16,26H,7-11,13H2,1H3,(H,29,30)/t14-,15+,16+,22?,23?/m1/s1. The van der Waals surface area contributed by atoms with Gasteiger partial charge in [-0.05, 0) is 62.8 Å². The maximum absolute atomic E-state index is 13.3. The number of nitrogens with one attached hydrogen (secondary N) is 1. The summed E-state index contributed by atoms with van der Waals surface area (Å²) in [5, 5.41) is 17.9. The highest BCUT2D eigenvalue weighted by atomic mass is 35.5. The summed E-state index contributed by atoms with van der Waals surface area (Å²) in [6.07, 6.45) is 6.22. The fraction of sp³-hybridized carbons (Fsp3) is 0.522. The number of rotatable bonds is 5. The van der Waals surface area contributed by atoms with Crippen LogP contribution in [0, 0.1) is 17.3 Å². The minimum absolute atomic E-state index is 0.0319. The second-order valence-electron chi connectivity index (χ2n) is 9.64. The van der Waals surface area contributed by atoms with Gasteiger partial charge in [0.05, 0.1) is 22.8 Å². The molecule has 4 aliphatic rings. The summed E-state index contributed by atoms with van der Waals surface area (Å²) in [4.78, 5) is 25.4. The van der Waals surface area contributed by atoms with Crippen LogP contribution in [0.3, 0.4) is 0 Å². The first-order chi connectivity index (χ1) is 14.3. The molecule has 4 saturated carbocycles. The van der Waals surface area contributed by atoms with Gasteiger partial charge in [-0.25, -0.2) is 4.68 Å². The van der Waals surface area contributed by atoms with Crippen molar-refractivity contribution < 1.29 is 9.90 Å². The van der Waals surface area contributed by atoms with E-state index in [1.807, 2.05) is 37.3 Å². The molecule has 7 heteroatoms. The predicted octanol–water partition coefficient (Wildman–Crippen LogP) is 4.45. The van der Waals surface area contributed by atoms with E-state index < -0.39 is 16.9 Å². The Kier molecular flexibility index (Phi) is 4.47. The van der Waals surface area contributed by atoms with Crippen LogP contribution < -0.4 is 10.9 Å². The lowest BCUT2D eigenvalue weighted by molar-refractivity contribution is -0.173. The molecule has 0 spiro atoms. The number of aliphatic carboxylic acids is 1. The third kappa shape index (κ3) is 2.96. The van der Waals surface area contributed by atoms with E-state index in [4.69, 9.17) is 11.6 Å². The first-order valence-electron chi connectivity index (χ1n) is 10.7. The fourth-order valence-corrected chi connectivity index (χ4v) is 6.83. The van der Waals surface area contributed by atoms with Crippen LogP contribution in [0.1, 0.15) is 57.1 Å². The van der Waals surface area contributed by atoms with Crippen molar-refractivity contribution in [1.82, 2.24) is 9.78 Å². The van der Waals surface area contributed by atoms with E-state index >= 15 is 0 Å². The first-order valence-corrected chi connectivity index (χ1v) is 11.0. The number of benzene rings is 1. The average molecular weight is 428 g/mol. The van der Waals surface area contributed by atoms with Gasteiger partial charge in [0.15, 0.2) is 0 Å². The zero-order valence-corrected chi connectivity index (χ0v) is 17.7. The molecule has 0 aliphatic heterocycles. The molecule has 0 amide bonds. The first kappa shape index (κ1) is 19.6. The zero-order valence-electron chi connectivity index (χ0n) is 17.0. The van der Waals surface area contributed by atoms with E-state index in [0.29, 0.717) is 23.9 Å². The van der Waals surface area contributed by atoms with Gasteiger partial charge in [-0.3, -0.25) is 9.59 Å². The molecule has 2 N–H and O–H groups in total. The molecular formula is C23H26ClN3O3. The number of hydrogen-bond acceptors (Lipinski definition) is 4. The SMILES string of the molecule is C[C@@H](Nc1cnn(C23C[C@H]4C[C@@H](CC(C(=O)O)(C4)C2)C3)c(=O)c1Cl)c1ccccc1. The fourth-order valence-electron chi connectivity index (χ4n) is 6.64. The van der Waals surface area contributed by atoms with Crippen LogP contribution in [0.15, 0.2) is 41.3 Å². The number of halogens is 1. The molecular weight excluding hydrogens is 402 g/mol. The van der Waals surface area contributed by atoms with Gasteiger partial charge in [0.2, 0.25) is 0 Å². The van der Waals surface area contributed by atoms with Crippen molar-refractivity contribution in [3.63, 3.8) is 0 Å². The van der Waals surface area contributed by atoms with Crippen molar-refractivity contribution in [2.24, 2.45) is 17.3 Å². The van der Waals surface area contributed by atoms with E-state index in [1.54, 1.807) is 6.20 Å². The molecule has 158 valence electrons. The summed E-state index contributed by atoms with van der Waals surface area (Å²) in [7, 11) is 0.